The highest BCUT2D eigenvalue weighted by atomic mass is 16.3. The summed E-state index contributed by atoms with van der Waals surface area (Å²) in [4.78, 5) is 13.1. The predicted octanol–water partition coefficient (Wildman–Crippen LogP) is 3.01. The number of hydrogen-bond donors (Lipinski definition) is 2. The number of aliphatic hydroxyl groups excluding tert-OH is 1. The van der Waals surface area contributed by atoms with Crippen LogP contribution in [0.4, 0.5) is 0 Å². The zero-order chi connectivity index (χ0) is 14.9. The molecule has 118 valence electrons. The van der Waals surface area contributed by atoms with E-state index in [1.807, 2.05) is 0 Å². The Morgan fingerprint density at radius 3 is 2.14 bits per heavy atom. The van der Waals surface area contributed by atoms with E-state index in [1.54, 1.807) is 0 Å². The Morgan fingerprint density at radius 2 is 1.71 bits per heavy atom. The minimum atomic E-state index is -0.289. The molecule has 21 heavy (non-hydrogen) atoms. The molecular weight excluding hydrogens is 262 g/mol. The Labute approximate surface area is 127 Å². The first kappa shape index (κ1) is 14.0. The normalized spacial score (nSPS) is 49.8. The molecule has 0 radical (unpaired) electrons. The lowest BCUT2D eigenvalue weighted by Gasteiger charge is -2.65. The lowest BCUT2D eigenvalue weighted by Crippen LogP contribution is -2.64. The van der Waals surface area contributed by atoms with Gasteiger partial charge in [-0.15, -0.1) is 0 Å². The summed E-state index contributed by atoms with van der Waals surface area (Å²) in [7, 11) is 0. The lowest BCUT2D eigenvalue weighted by atomic mass is 9.40. The number of rotatable bonds is 3. The minimum absolute atomic E-state index is 0.104. The molecule has 1 amide bonds. The van der Waals surface area contributed by atoms with Gasteiger partial charge in [-0.25, -0.2) is 0 Å². The minimum Gasteiger partial charge on any atom is -0.394 e. The van der Waals surface area contributed by atoms with Gasteiger partial charge in [0.2, 0.25) is 5.91 Å². The van der Waals surface area contributed by atoms with E-state index in [2.05, 4.69) is 19.2 Å². The molecule has 5 fully saturated rings. The summed E-state index contributed by atoms with van der Waals surface area (Å²) in [6, 6.07) is 0. The van der Waals surface area contributed by atoms with E-state index in [1.165, 1.54) is 19.3 Å². The summed E-state index contributed by atoms with van der Waals surface area (Å²) < 4.78 is 0. The van der Waals surface area contributed by atoms with Crippen LogP contribution in [0.3, 0.4) is 0 Å². The van der Waals surface area contributed by atoms with Crippen molar-refractivity contribution in [2.75, 3.05) is 6.61 Å². The Bertz CT molecular complexity index is 458. The molecular formula is C18H29NO2. The van der Waals surface area contributed by atoms with Gasteiger partial charge in [0, 0.05) is 0 Å². The third-order valence-corrected chi connectivity index (χ3v) is 7.10. The molecule has 3 nitrogen and oxygen atoms in total. The Kier molecular flexibility index (Phi) is 2.70. The molecule has 0 aromatic carbocycles. The molecule has 0 spiro atoms. The molecule has 0 heterocycles. The van der Waals surface area contributed by atoms with Crippen LogP contribution in [0.15, 0.2) is 0 Å². The zero-order valence-corrected chi connectivity index (χ0v) is 13.5. The number of hydrogen-bond acceptors (Lipinski definition) is 2. The van der Waals surface area contributed by atoms with Crippen molar-refractivity contribution in [2.45, 2.75) is 77.2 Å². The molecule has 2 atom stereocenters. The molecule has 0 aromatic rings. The van der Waals surface area contributed by atoms with Gasteiger partial charge in [-0.1, -0.05) is 13.8 Å². The smallest absolute Gasteiger partial charge is 0.226 e. The lowest BCUT2D eigenvalue weighted by molar-refractivity contribution is -0.173. The molecule has 2 unspecified atom stereocenters. The Morgan fingerprint density at radius 1 is 1.10 bits per heavy atom. The second kappa shape index (κ2) is 4.04. The van der Waals surface area contributed by atoms with Gasteiger partial charge >= 0.3 is 0 Å². The monoisotopic (exact) mass is 291 g/mol. The molecule has 5 saturated carbocycles. The third-order valence-electron chi connectivity index (χ3n) is 7.10. The van der Waals surface area contributed by atoms with Crippen molar-refractivity contribution in [1.29, 1.82) is 0 Å². The van der Waals surface area contributed by atoms with Crippen LogP contribution in [0, 0.1) is 22.2 Å². The van der Waals surface area contributed by atoms with Crippen LogP contribution < -0.4 is 5.32 Å². The first-order chi connectivity index (χ1) is 9.80. The van der Waals surface area contributed by atoms with Gasteiger partial charge in [-0.2, -0.15) is 0 Å². The highest BCUT2D eigenvalue weighted by Gasteiger charge is 2.63. The fraction of sp³-hybridized carbons (Fsp3) is 0.944. The quantitative estimate of drug-likeness (QED) is 0.840. The summed E-state index contributed by atoms with van der Waals surface area (Å²) in [5.41, 5.74) is 0.317. The topological polar surface area (TPSA) is 49.3 Å². The van der Waals surface area contributed by atoms with Crippen LogP contribution in [0.25, 0.3) is 0 Å². The van der Waals surface area contributed by atoms with Gasteiger partial charge in [0.1, 0.15) is 0 Å². The maximum atomic E-state index is 13.1. The Hall–Kier alpha value is -0.570. The fourth-order valence-corrected chi connectivity index (χ4v) is 7.00. The predicted molar refractivity (Wildman–Crippen MR) is 81.6 cm³/mol. The number of carbonyl (C=O) groups excluding carboxylic acids is 1. The molecule has 0 aliphatic heterocycles. The second-order valence-electron chi connectivity index (χ2n) is 9.66. The molecule has 0 aromatic heterocycles. The zero-order valence-electron chi connectivity index (χ0n) is 13.5. The van der Waals surface area contributed by atoms with E-state index < -0.39 is 0 Å². The summed E-state index contributed by atoms with van der Waals surface area (Å²) in [5.74, 6) is 1.01. The maximum Gasteiger partial charge on any atom is 0.226 e. The maximum absolute atomic E-state index is 13.1. The molecule has 0 saturated heterocycles. The van der Waals surface area contributed by atoms with Crippen molar-refractivity contribution in [3.63, 3.8) is 0 Å². The molecule has 3 heteroatoms. The average molecular weight is 291 g/mol. The standard InChI is InChI=1S/C18H29NO2/c1-15-6-13-7-16(2,9-15)11-17(8-13,10-15)14(21)19-18(12-20)4-3-5-18/h13,20H,3-12H2,1-2H3,(H,19,21). The van der Waals surface area contributed by atoms with E-state index in [9.17, 15) is 9.90 Å². The van der Waals surface area contributed by atoms with Crippen LogP contribution >= 0.6 is 0 Å². The van der Waals surface area contributed by atoms with Crippen molar-refractivity contribution in [1.82, 2.24) is 5.32 Å². The summed E-state index contributed by atoms with van der Waals surface area (Å²) >= 11 is 0. The van der Waals surface area contributed by atoms with Gasteiger partial charge in [-0.05, 0) is 74.5 Å². The first-order valence-electron chi connectivity index (χ1n) is 8.74. The Balaban J connectivity index is 1.60. The van der Waals surface area contributed by atoms with Crippen LogP contribution in [0.5, 0.6) is 0 Å². The van der Waals surface area contributed by atoms with Crippen LogP contribution in [-0.2, 0) is 4.79 Å². The van der Waals surface area contributed by atoms with Gasteiger partial charge in [0.25, 0.3) is 0 Å². The van der Waals surface area contributed by atoms with E-state index in [-0.39, 0.29) is 23.5 Å². The van der Waals surface area contributed by atoms with Gasteiger partial charge < -0.3 is 10.4 Å². The first-order valence-corrected chi connectivity index (χ1v) is 8.74. The van der Waals surface area contributed by atoms with Crippen LogP contribution in [-0.4, -0.2) is 23.2 Å². The molecule has 5 rings (SSSR count). The second-order valence-corrected chi connectivity index (χ2v) is 9.66. The third kappa shape index (κ3) is 1.99. The van der Waals surface area contributed by atoms with Crippen molar-refractivity contribution in [3.8, 4) is 0 Å². The average Bonchev–Trinajstić information content (AvgIpc) is 2.28. The number of carbonyl (C=O) groups is 1. The van der Waals surface area contributed by atoms with Crippen molar-refractivity contribution in [3.05, 3.63) is 0 Å². The van der Waals surface area contributed by atoms with Gasteiger partial charge in [0.15, 0.2) is 0 Å². The van der Waals surface area contributed by atoms with Crippen LogP contribution in [0.1, 0.15) is 71.6 Å². The van der Waals surface area contributed by atoms with E-state index in [0.717, 1.165) is 44.4 Å². The van der Waals surface area contributed by atoms with Crippen molar-refractivity contribution >= 4 is 5.91 Å². The summed E-state index contributed by atoms with van der Waals surface area (Å²) in [5, 5.41) is 12.9. The molecule has 2 N–H and O–H groups in total. The highest BCUT2D eigenvalue weighted by Crippen LogP contribution is 2.69. The molecule has 4 bridgehead atoms. The summed E-state index contributed by atoms with van der Waals surface area (Å²) in [6.07, 6.45) is 10.2. The van der Waals surface area contributed by atoms with Gasteiger partial charge in [0.05, 0.1) is 17.6 Å². The van der Waals surface area contributed by atoms with E-state index in [0.29, 0.717) is 10.8 Å². The number of aliphatic hydroxyl groups is 1. The van der Waals surface area contributed by atoms with Crippen molar-refractivity contribution < 1.29 is 9.90 Å². The SMILES string of the molecule is CC12CC3CC(C)(C1)CC(C(=O)NC1(CO)CCC1)(C3)C2. The summed E-state index contributed by atoms with van der Waals surface area (Å²) in [6.45, 7) is 4.92. The van der Waals surface area contributed by atoms with Crippen molar-refractivity contribution in [2.24, 2.45) is 22.2 Å². The van der Waals surface area contributed by atoms with E-state index in [4.69, 9.17) is 0 Å². The largest absolute Gasteiger partial charge is 0.394 e. The molecule has 5 aliphatic rings. The number of nitrogens with one attached hydrogen (secondary N) is 1. The van der Waals surface area contributed by atoms with Crippen LogP contribution in [0.2, 0.25) is 0 Å². The highest BCUT2D eigenvalue weighted by molar-refractivity contribution is 5.84. The fourth-order valence-electron chi connectivity index (χ4n) is 7.00. The molecule has 5 aliphatic carbocycles. The van der Waals surface area contributed by atoms with E-state index >= 15 is 0 Å². The number of amides is 1. The van der Waals surface area contributed by atoms with Gasteiger partial charge in [-0.3, -0.25) is 4.79 Å².